The number of carbonyl (C=O) groups excluding carboxylic acids is 3. The van der Waals surface area contributed by atoms with Gasteiger partial charge in [0.25, 0.3) is 5.91 Å². The van der Waals surface area contributed by atoms with Gasteiger partial charge < -0.3 is 10.1 Å². The number of anilines is 1. The Morgan fingerprint density at radius 1 is 0.903 bits per heavy atom. The number of hydrogen-bond donors (Lipinski definition) is 1. The summed E-state index contributed by atoms with van der Waals surface area (Å²) in [5.74, 6) is -1.56. The number of aryl methyl sites for hydroxylation is 1. The number of ketones is 1. The van der Waals surface area contributed by atoms with Gasteiger partial charge in [0.15, 0.2) is 12.4 Å². The van der Waals surface area contributed by atoms with Crippen molar-refractivity contribution in [1.29, 1.82) is 5.26 Å². The van der Waals surface area contributed by atoms with E-state index in [1.54, 1.807) is 54.6 Å². The van der Waals surface area contributed by atoms with E-state index in [-0.39, 0.29) is 23.3 Å². The Labute approximate surface area is 180 Å². The van der Waals surface area contributed by atoms with E-state index in [4.69, 9.17) is 10.00 Å². The molecule has 0 saturated carbocycles. The van der Waals surface area contributed by atoms with Crippen molar-refractivity contribution in [2.45, 2.75) is 13.3 Å². The fourth-order valence-corrected chi connectivity index (χ4v) is 2.92. The van der Waals surface area contributed by atoms with E-state index < -0.39 is 18.5 Å². The molecule has 3 rings (SSSR count). The summed E-state index contributed by atoms with van der Waals surface area (Å²) >= 11 is 0. The summed E-state index contributed by atoms with van der Waals surface area (Å²) in [4.78, 5) is 37.5. The van der Waals surface area contributed by atoms with E-state index in [2.05, 4.69) is 5.32 Å². The third-order valence-electron chi connectivity index (χ3n) is 4.56. The van der Waals surface area contributed by atoms with Crippen molar-refractivity contribution >= 4 is 23.3 Å². The van der Waals surface area contributed by atoms with Crippen molar-refractivity contribution in [1.82, 2.24) is 0 Å². The number of amides is 1. The van der Waals surface area contributed by atoms with E-state index in [1.807, 2.05) is 25.1 Å². The summed E-state index contributed by atoms with van der Waals surface area (Å²) in [6.45, 7) is 1.43. The van der Waals surface area contributed by atoms with Crippen LogP contribution in [0.25, 0.3) is 0 Å². The lowest BCUT2D eigenvalue weighted by Crippen LogP contribution is -2.22. The molecule has 0 radical (unpaired) electrons. The van der Waals surface area contributed by atoms with Gasteiger partial charge in [0.1, 0.15) is 0 Å². The van der Waals surface area contributed by atoms with Crippen LogP contribution in [-0.4, -0.2) is 24.3 Å². The normalized spacial score (nSPS) is 10.1. The molecular formula is C25H20N2O4. The molecule has 0 aliphatic rings. The highest BCUT2D eigenvalue weighted by Gasteiger charge is 2.20. The largest absolute Gasteiger partial charge is 0.452 e. The molecule has 3 aromatic rings. The maximum atomic E-state index is 12.8. The lowest BCUT2D eigenvalue weighted by Gasteiger charge is -2.10. The highest BCUT2D eigenvalue weighted by molar-refractivity contribution is 6.14. The van der Waals surface area contributed by atoms with Crippen molar-refractivity contribution in [2.75, 3.05) is 11.9 Å². The number of esters is 1. The number of hydrogen-bond acceptors (Lipinski definition) is 5. The average Bonchev–Trinajstić information content (AvgIpc) is 2.79. The second kappa shape index (κ2) is 9.99. The molecule has 0 fully saturated rings. The van der Waals surface area contributed by atoms with Crippen molar-refractivity contribution in [3.05, 3.63) is 101 Å². The molecule has 0 aliphatic carbocycles. The van der Waals surface area contributed by atoms with Gasteiger partial charge >= 0.3 is 5.97 Å². The Morgan fingerprint density at radius 2 is 1.55 bits per heavy atom. The van der Waals surface area contributed by atoms with E-state index in [0.717, 1.165) is 11.1 Å². The van der Waals surface area contributed by atoms with Crippen LogP contribution in [0.1, 0.15) is 37.4 Å². The van der Waals surface area contributed by atoms with Crippen molar-refractivity contribution in [2.24, 2.45) is 0 Å². The third-order valence-corrected chi connectivity index (χ3v) is 4.56. The second-order valence-corrected chi connectivity index (χ2v) is 6.90. The minimum absolute atomic E-state index is 0.0988. The third kappa shape index (κ3) is 5.64. The van der Waals surface area contributed by atoms with Gasteiger partial charge in [-0.15, -0.1) is 0 Å². The maximum absolute atomic E-state index is 12.8. The Hall–Kier alpha value is -4.24. The van der Waals surface area contributed by atoms with E-state index >= 15 is 0 Å². The Bertz CT molecular complexity index is 1140. The molecular weight excluding hydrogens is 392 g/mol. The molecule has 6 nitrogen and oxygen atoms in total. The van der Waals surface area contributed by atoms with Crippen molar-refractivity contribution < 1.29 is 19.1 Å². The summed E-state index contributed by atoms with van der Waals surface area (Å²) in [6.07, 6.45) is 0.284. The first-order valence-corrected chi connectivity index (χ1v) is 9.61. The summed E-state index contributed by atoms with van der Waals surface area (Å²) < 4.78 is 5.12. The number of nitrogens with one attached hydrogen (secondary N) is 1. The monoisotopic (exact) mass is 412 g/mol. The lowest BCUT2D eigenvalue weighted by molar-refractivity contribution is -0.119. The number of benzene rings is 3. The van der Waals surface area contributed by atoms with Gasteiger partial charge in [0.2, 0.25) is 0 Å². The van der Waals surface area contributed by atoms with E-state index in [0.29, 0.717) is 11.3 Å². The van der Waals surface area contributed by atoms with E-state index in [9.17, 15) is 14.4 Å². The smallest absolute Gasteiger partial charge is 0.339 e. The lowest BCUT2D eigenvalue weighted by atomic mass is 9.98. The molecule has 6 heteroatoms. The van der Waals surface area contributed by atoms with Crippen LogP contribution in [0.15, 0.2) is 72.8 Å². The van der Waals surface area contributed by atoms with Crippen LogP contribution in [0.3, 0.4) is 0 Å². The first-order chi connectivity index (χ1) is 15.0. The van der Waals surface area contributed by atoms with Gasteiger partial charge in [-0.2, -0.15) is 5.26 Å². The second-order valence-electron chi connectivity index (χ2n) is 6.90. The highest BCUT2D eigenvalue weighted by atomic mass is 16.5. The van der Waals surface area contributed by atoms with Gasteiger partial charge in [-0.25, -0.2) is 4.79 Å². The van der Waals surface area contributed by atoms with Gasteiger partial charge in [0.05, 0.1) is 18.1 Å². The van der Waals surface area contributed by atoms with E-state index in [1.165, 1.54) is 6.07 Å². The summed E-state index contributed by atoms with van der Waals surface area (Å²) in [7, 11) is 0. The van der Waals surface area contributed by atoms with Crippen LogP contribution in [0.4, 0.5) is 5.69 Å². The van der Waals surface area contributed by atoms with Crippen LogP contribution >= 0.6 is 0 Å². The van der Waals surface area contributed by atoms with Crippen molar-refractivity contribution in [3.8, 4) is 6.07 Å². The predicted molar refractivity (Wildman–Crippen MR) is 116 cm³/mol. The molecule has 0 aromatic heterocycles. The SMILES string of the molecule is Cc1ccc(C(=O)c2ccccc2C(=O)OCC(=O)Nc2ccc(CC#N)cc2)cc1. The number of ether oxygens (including phenoxy) is 1. The molecule has 1 amide bonds. The quantitative estimate of drug-likeness (QED) is 0.466. The number of nitriles is 1. The number of nitrogens with zero attached hydrogens (tertiary/aromatic N) is 1. The zero-order valence-corrected chi connectivity index (χ0v) is 16.9. The number of carbonyl (C=O) groups is 3. The van der Waals surface area contributed by atoms with Crippen LogP contribution in [0, 0.1) is 18.3 Å². The molecule has 0 aliphatic heterocycles. The first-order valence-electron chi connectivity index (χ1n) is 9.61. The number of rotatable bonds is 7. The molecule has 1 N–H and O–H groups in total. The zero-order chi connectivity index (χ0) is 22.2. The molecule has 0 atom stereocenters. The van der Waals surface area contributed by atoms with Crippen LogP contribution in [-0.2, 0) is 16.0 Å². The molecule has 0 spiro atoms. The summed E-state index contributed by atoms with van der Waals surface area (Å²) in [6, 6.07) is 22.3. The topological polar surface area (TPSA) is 96.3 Å². The average molecular weight is 412 g/mol. The minimum Gasteiger partial charge on any atom is -0.452 e. The fourth-order valence-electron chi connectivity index (χ4n) is 2.92. The molecule has 0 bridgehead atoms. The molecule has 0 unspecified atom stereocenters. The highest BCUT2D eigenvalue weighted by Crippen LogP contribution is 2.17. The van der Waals surface area contributed by atoms with Crippen LogP contribution in [0.2, 0.25) is 0 Å². The Morgan fingerprint density at radius 3 is 2.19 bits per heavy atom. The molecule has 31 heavy (non-hydrogen) atoms. The molecule has 3 aromatic carbocycles. The van der Waals surface area contributed by atoms with Gasteiger partial charge in [-0.3, -0.25) is 9.59 Å². The first kappa shape index (κ1) is 21.5. The summed E-state index contributed by atoms with van der Waals surface area (Å²) in [5.41, 5.74) is 3.16. The molecule has 0 saturated heterocycles. The van der Waals surface area contributed by atoms with Crippen molar-refractivity contribution in [3.63, 3.8) is 0 Å². The standard InChI is InChI=1S/C25H20N2O4/c1-17-6-10-19(11-7-17)24(29)21-4-2-3-5-22(21)25(30)31-16-23(28)27-20-12-8-18(9-13-20)14-15-26/h2-13H,14,16H2,1H3,(H,27,28). The van der Waals surface area contributed by atoms with Gasteiger partial charge in [0, 0.05) is 16.8 Å². The Balaban J connectivity index is 1.64. The molecule has 0 heterocycles. The maximum Gasteiger partial charge on any atom is 0.339 e. The Kier molecular flexibility index (Phi) is 6.92. The minimum atomic E-state index is -0.754. The summed E-state index contributed by atoms with van der Waals surface area (Å²) in [5, 5.41) is 11.3. The fraction of sp³-hybridized carbons (Fsp3) is 0.120. The van der Waals surface area contributed by atoms with Gasteiger partial charge in [-0.1, -0.05) is 60.2 Å². The van der Waals surface area contributed by atoms with Gasteiger partial charge in [-0.05, 0) is 30.7 Å². The van der Waals surface area contributed by atoms with Crippen LogP contribution < -0.4 is 5.32 Å². The predicted octanol–water partition coefficient (Wildman–Crippen LogP) is 4.09. The zero-order valence-electron chi connectivity index (χ0n) is 16.9. The van der Waals surface area contributed by atoms with Crippen LogP contribution in [0.5, 0.6) is 0 Å². The molecule has 154 valence electrons.